The minimum Gasteiger partial charge on any atom is -0.480 e. The molecule has 1 aliphatic heterocycles. The van der Waals surface area contributed by atoms with Crippen LogP contribution in [0, 0.1) is 12.7 Å². The summed E-state index contributed by atoms with van der Waals surface area (Å²) in [5.74, 6) is -2.22. The maximum absolute atomic E-state index is 14.5. The molecule has 0 aliphatic carbocycles. The van der Waals surface area contributed by atoms with Crippen molar-refractivity contribution in [3.05, 3.63) is 65.5 Å². The number of benzene rings is 2. The number of carboxylic acid groups (broad SMARTS) is 1. The monoisotopic (exact) mass is 393 g/mol. The Morgan fingerprint density at radius 1 is 1.22 bits per heavy atom. The van der Waals surface area contributed by atoms with Gasteiger partial charge in [0.2, 0.25) is 10.0 Å². The molecule has 1 N–H and O–H groups in total. The lowest BCUT2D eigenvalue weighted by Crippen LogP contribution is -2.57. The molecule has 0 spiro atoms. The van der Waals surface area contributed by atoms with Gasteiger partial charge in [-0.1, -0.05) is 42.5 Å². The van der Waals surface area contributed by atoms with Gasteiger partial charge in [0.15, 0.2) is 5.54 Å². The van der Waals surface area contributed by atoms with Crippen LogP contribution in [0.25, 0.3) is 0 Å². The molecule has 0 saturated carbocycles. The van der Waals surface area contributed by atoms with E-state index in [2.05, 4.69) is 0 Å². The van der Waals surface area contributed by atoms with E-state index in [0.29, 0.717) is 5.56 Å². The molecule has 1 saturated heterocycles. The van der Waals surface area contributed by atoms with Crippen LogP contribution in [-0.2, 0) is 26.1 Å². The Labute approximate surface area is 157 Å². The summed E-state index contributed by atoms with van der Waals surface area (Å²) >= 11 is 0. The van der Waals surface area contributed by atoms with E-state index in [-0.39, 0.29) is 31.7 Å². The van der Waals surface area contributed by atoms with E-state index in [1.54, 1.807) is 30.3 Å². The van der Waals surface area contributed by atoms with Gasteiger partial charge in [0.1, 0.15) is 10.7 Å². The first-order valence-corrected chi connectivity index (χ1v) is 9.86. The highest BCUT2D eigenvalue weighted by Crippen LogP contribution is 2.35. The standard InChI is InChI=1S/C19H20FNO5S/c1-14-6-5-9-16(20)17(14)27(24,25)21(12-15-7-3-2-4-8-15)19(18(22)23)10-11-26-13-19/h2-9H,10-13H2,1H3,(H,22,23). The first kappa shape index (κ1) is 19.5. The third-order valence-corrected chi connectivity index (χ3v) is 6.85. The molecular formula is C19H20FNO5S. The van der Waals surface area contributed by atoms with Gasteiger partial charge in [0.05, 0.1) is 6.61 Å². The number of aliphatic carboxylic acids is 1. The molecule has 2 aromatic rings. The first-order chi connectivity index (χ1) is 12.8. The number of halogens is 1. The van der Waals surface area contributed by atoms with Gasteiger partial charge >= 0.3 is 5.97 Å². The summed E-state index contributed by atoms with van der Waals surface area (Å²) in [4.78, 5) is 11.6. The normalized spacial score (nSPS) is 20.1. The van der Waals surface area contributed by atoms with E-state index in [9.17, 15) is 22.7 Å². The van der Waals surface area contributed by atoms with E-state index in [0.717, 1.165) is 10.4 Å². The number of nitrogens with zero attached hydrogens (tertiary/aromatic N) is 1. The van der Waals surface area contributed by atoms with Crippen LogP contribution in [0.1, 0.15) is 17.5 Å². The highest BCUT2D eigenvalue weighted by Gasteiger charge is 2.53. The topological polar surface area (TPSA) is 83.9 Å². The zero-order valence-corrected chi connectivity index (χ0v) is 15.6. The summed E-state index contributed by atoms with van der Waals surface area (Å²) in [7, 11) is -4.45. The van der Waals surface area contributed by atoms with E-state index in [1.807, 2.05) is 0 Å². The van der Waals surface area contributed by atoms with Gasteiger partial charge in [-0.15, -0.1) is 0 Å². The smallest absolute Gasteiger partial charge is 0.327 e. The van der Waals surface area contributed by atoms with Gasteiger partial charge in [-0.05, 0) is 24.1 Å². The Bertz CT molecular complexity index is 920. The lowest BCUT2D eigenvalue weighted by atomic mass is 9.98. The molecule has 1 atom stereocenters. The number of hydrogen-bond donors (Lipinski definition) is 1. The van der Waals surface area contributed by atoms with Crippen molar-refractivity contribution in [3.63, 3.8) is 0 Å². The predicted molar refractivity (Wildman–Crippen MR) is 96.1 cm³/mol. The minimum absolute atomic E-state index is 0.0120. The molecule has 0 radical (unpaired) electrons. The Hall–Kier alpha value is -2.29. The zero-order chi connectivity index (χ0) is 19.7. The molecule has 2 aromatic carbocycles. The SMILES string of the molecule is Cc1cccc(F)c1S(=O)(=O)N(Cc1ccccc1)C1(C(=O)O)CCOC1. The van der Waals surface area contributed by atoms with Gasteiger partial charge in [-0.3, -0.25) is 4.79 Å². The Morgan fingerprint density at radius 2 is 1.93 bits per heavy atom. The van der Waals surface area contributed by atoms with Gasteiger partial charge in [-0.25, -0.2) is 12.8 Å². The van der Waals surface area contributed by atoms with E-state index in [4.69, 9.17) is 4.74 Å². The van der Waals surface area contributed by atoms with Gasteiger partial charge in [-0.2, -0.15) is 4.31 Å². The second-order valence-electron chi connectivity index (χ2n) is 6.52. The number of carbonyl (C=O) groups is 1. The third-order valence-electron chi connectivity index (χ3n) is 4.76. The highest BCUT2D eigenvalue weighted by atomic mass is 32.2. The van der Waals surface area contributed by atoms with Crippen LogP contribution >= 0.6 is 0 Å². The number of sulfonamides is 1. The first-order valence-electron chi connectivity index (χ1n) is 8.42. The average molecular weight is 393 g/mol. The maximum atomic E-state index is 14.5. The highest BCUT2D eigenvalue weighted by molar-refractivity contribution is 7.89. The predicted octanol–water partition coefficient (Wildman–Crippen LogP) is 2.57. The molecule has 1 aliphatic rings. The quantitative estimate of drug-likeness (QED) is 0.816. The molecule has 0 bridgehead atoms. The second kappa shape index (κ2) is 7.38. The molecule has 3 rings (SSSR count). The zero-order valence-electron chi connectivity index (χ0n) is 14.8. The average Bonchev–Trinajstić information content (AvgIpc) is 3.11. The minimum atomic E-state index is -4.45. The number of aryl methyl sites for hydroxylation is 1. The molecule has 8 heteroatoms. The van der Waals surface area contributed by atoms with Gasteiger partial charge < -0.3 is 9.84 Å². The van der Waals surface area contributed by atoms with Crippen molar-refractivity contribution in [2.24, 2.45) is 0 Å². The summed E-state index contributed by atoms with van der Waals surface area (Å²) in [5, 5.41) is 9.88. The van der Waals surface area contributed by atoms with Crippen molar-refractivity contribution in [1.82, 2.24) is 4.31 Å². The second-order valence-corrected chi connectivity index (χ2v) is 8.32. The number of carboxylic acids is 1. The fraction of sp³-hybridized carbons (Fsp3) is 0.316. The number of ether oxygens (including phenoxy) is 1. The number of rotatable bonds is 6. The third kappa shape index (κ3) is 3.47. The number of hydrogen-bond acceptors (Lipinski definition) is 4. The molecule has 27 heavy (non-hydrogen) atoms. The maximum Gasteiger partial charge on any atom is 0.327 e. The van der Waals surface area contributed by atoms with Crippen LogP contribution in [0.2, 0.25) is 0 Å². The van der Waals surface area contributed by atoms with Crippen LogP contribution in [0.5, 0.6) is 0 Å². The fourth-order valence-corrected chi connectivity index (χ4v) is 5.31. The van der Waals surface area contributed by atoms with Gasteiger partial charge in [0, 0.05) is 19.6 Å². The molecule has 1 unspecified atom stereocenters. The van der Waals surface area contributed by atoms with E-state index in [1.165, 1.54) is 19.1 Å². The van der Waals surface area contributed by atoms with Crippen molar-refractivity contribution in [2.45, 2.75) is 30.3 Å². The van der Waals surface area contributed by atoms with Crippen LogP contribution in [0.3, 0.4) is 0 Å². The molecule has 144 valence electrons. The largest absolute Gasteiger partial charge is 0.480 e. The molecule has 1 fully saturated rings. The fourth-order valence-electron chi connectivity index (χ4n) is 3.30. The van der Waals surface area contributed by atoms with Crippen LogP contribution in [0.15, 0.2) is 53.4 Å². The van der Waals surface area contributed by atoms with Crippen molar-refractivity contribution in [2.75, 3.05) is 13.2 Å². The van der Waals surface area contributed by atoms with Crippen LogP contribution in [0.4, 0.5) is 4.39 Å². The van der Waals surface area contributed by atoms with Gasteiger partial charge in [0.25, 0.3) is 0 Å². The van der Waals surface area contributed by atoms with Crippen molar-refractivity contribution in [1.29, 1.82) is 0 Å². The molecular weight excluding hydrogens is 373 g/mol. The van der Waals surface area contributed by atoms with Crippen LogP contribution in [-0.4, -0.2) is 42.6 Å². The lowest BCUT2D eigenvalue weighted by molar-refractivity contribution is -0.148. The summed E-state index contributed by atoms with van der Waals surface area (Å²) < 4.78 is 47.5. The lowest BCUT2D eigenvalue weighted by Gasteiger charge is -2.36. The Balaban J connectivity index is 2.19. The Morgan fingerprint density at radius 3 is 2.48 bits per heavy atom. The summed E-state index contributed by atoms with van der Waals surface area (Å²) in [5.41, 5.74) is -0.973. The van der Waals surface area contributed by atoms with Crippen molar-refractivity contribution in [3.8, 4) is 0 Å². The van der Waals surface area contributed by atoms with Crippen LogP contribution < -0.4 is 0 Å². The van der Waals surface area contributed by atoms with Crippen molar-refractivity contribution < 1.29 is 27.4 Å². The molecule has 0 amide bonds. The van der Waals surface area contributed by atoms with Crippen molar-refractivity contribution >= 4 is 16.0 Å². The summed E-state index contributed by atoms with van der Waals surface area (Å²) in [6.07, 6.45) is -0.0120. The molecule has 6 nitrogen and oxygen atoms in total. The Kier molecular flexibility index (Phi) is 5.32. The van der Waals surface area contributed by atoms with E-state index < -0.39 is 32.2 Å². The van der Waals surface area contributed by atoms with E-state index >= 15 is 0 Å². The molecule has 0 aromatic heterocycles. The molecule has 1 heterocycles. The summed E-state index contributed by atoms with van der Waals surface area (Å²) in [6, 6.07) is 12.6. The summed E-state index contributed by atoms with van der Waals surface area (Å²) in [6.45, 7) is 1.10.